The molecule has 5 nitrogen and oxygen atoms in total. The average molecular weight is 413 g/mol. The molecule has 2 aromatic rings. The quantitative estimate of drug-likeness (QED) is 0.732. The number of rotatable bonds is 6. The summed E-state index contributed by atoms with van der Waals surface area (Å²) >= 11 is 9.29. The van der Waals surface area contributed by atoms with Crippen molar-refractivity contribution in [3.63, 3.8) is 0 Å². The van der Waals surface area contributed by atoms with E-state index in [2.05, 4.69) is 21.2 Å². The topological polar surface area (TPSA) is 64.6 Å². The van der Waals surface area contributed by atoms with Crippen LogP contribution in [0.1, 0.15) is 5.56 Å². The van der Waals surface area contributed by atoms with E-state index in [1.807, 2.05) is 6.07 Å². The SMILES string of the molecule is COc1ccccc1CC(=O)OCC(=O)Nc1ccc(Br)cc1Cl. The second-order valence-electron chi connectivity index (χ2n) is 4.82. The first kappa shape index (κ1) is 18.3. The van der Waals surface area contributed by atoms with Crippen LogP contribution >= 0.6 is 27.5 Å². The Bertz CT molecular complexity index is 751. The molecule has 1 amide bonds. The van der Waals surface area contributed by atoms with Crippen molar-refractivity contribution in [2.45, 2.75) is 6.42 Å². The summed E-state index contributed by atoms with van der Waals surface area (Å²) in [6.07, 6.45) is 0.0241. The number of benzene rings is 2. The number of anilines is 1. The molecule has 0 atom stereocenters. The molecular weight excluding hydrogens is 398 g/mol. The standard InChI is InChI=1S/C17H15BrClNO4/c1-23-15-5-3-2-4-11(15)8-17(22)24-10-16(21)20-14-7-6-12(18)9-13(14)19/h2-7,9H,8,10H2,1H3,(H,20,21). The fourth-order valence-electron chi connectivity index (χ4n) is 1.98. The molecule has 0 saturated carbocycles. The minimum Gasteiger partial charge on any atom is -0.496 e. The van der Waals surface area contributed by atoms with E-state index in [1.54, 1.807) is 36.4 Å². The van der Waals surface area contributed by atoms with Gasteiger partial charge < -0.3 is 14.8 Å². The van der Waals surface area contributed by atoms with Crippen LogP contribution in [-0.4, -0.2) is 25.6 Å². The van der Waals surface area contributed by atoms with Crippen LogP contribution in [0.25, 0.3) is 0 Å². The molecule has 0 fully saturated rings. The van der Waals surface area contributed by atoms with Crippen LogP contribution in [0.3, 0.4) is 0 Å². The lowest BCUT2D eigenvalue weighted by Gasteiger charge is -2.10. The summed E-state index contributed by atoms with van der Waals surface area (Å²) < 4.78 is 11.0. The molecule has 0 bridgehead atoms. The molecule has 0 aliphatic carbocycles. The van der Waals surface area contributed by atoms with Crippen LogP contribution in [0.5, 0.6) is 5.75 Å². The Morgan fingerprint density at radius 1 is 1.21 bits per heavy atom. The second kappa shape index (κ2) is 8.70. The van der Waals surface area contributed by atoms with Crippen molar-refractivity contribution in [2.24, 2.45) is 0 Å². The number of methoxy groups -OCH3 is 1. The number of para-hydroxylation sites is 1. The van der Waals surface area contributed by atoms with Gasteiger partial charge in [-0.3, -0.25) is 9.59 Å². The number of amides is 1. The van der Waals surface area contributed by atoms with Gasteiger partial charge in [0.1, 0.15) is 5.75 Å². The fraction of sp³-hybridized carbons (Fsp3) is 0.176. The number of carbonyl (C=O) groups excluding carboxylic acids is 2. The number of halogens is 2. The summed E-state index contributed by atoms with van der Waals surface area (Å²) in [6, 6.07) is 12.2. The van der Waals surface area contributed by atoms with E-state index in [9.17, 15) is 9.59 Å². The highest BCUT2D eigenvalue weighted by Gasteiger charge is 2.12. The van der Waals surface area contributed by atoms with Crippen LogP contribution < -0.4 is 10.1 Å². The molecule has 0 radical (unpaired) electrons. The van der Waals surface area contributed by atoms with Gasteiger partial charge in [0.05, 0.1) is 24.2 Å². The lowest BCUT2D eigenvalue weighted by Crippen LogP contribution is -2.21. The smallest absolute Gasteiger partial charge is 0.310 e. The summed E-state index contributed by atoms with van der Waals surface area (Å²) in [7, 11) is 1.53. The Balaban J connectivity index is 1.86. The third-order valence-corrected chi connectivity index (χ3v) is 3.90. The Labute approximate surface area is 153 Å². The molecule has 24 heavy (non-hydrogen) atoms. The van der Waals surface area contributed by atoms with E-state index in [1.165, 1.54) is 7.11 Å². The van der Waals surface area contributed by atoms with Gasteiger partial charge in [-0.15, -0.1) is 0 Å². The maximum Gasteiger partial charge on any atom is 0.310 e. The molecule has 2 rings (SSSR count). The minimum atomic E-state index is -0.517. The van der Waals surface area contributed by atoms with Crippen LogP contribution in [0, 0.1) is 0 Å². The summed E-state index contributed by atoms with van der Waals surface area (Å²) in [5.74, 6) is -0.385. The van der Waals surface area contributed by atoms with Crippen LogP contribution in [-0.2, 0) is 20.7 Å². The van der Waals surface area contributed by atoms with Gasteiger partial charge in [0.2, 0.25) is 0 Å². The van der Waals surface area contributed by atoms with Gasteiger partial charge in [0, 0.05) is 10.0 Å². The van der Waals surface area contributed by atoms with Crippen molar-refractivity contribution in [2.75, 3.05) is 19.0 Å². The zero-order chi connectivity index (χ0) is 17.5. The van der Waals surface area contributed by atoms with Crippen LogP contribution in [0.2, 0.25) is 5.02 Å². The highest BCUT2D eigenvalue weighted by Crippen LogP contribution is 2.25. The molecule has 2 aromatic carbocycles. The first-order valence-corrected chi connectivity index (χ1v) is 8.19. The van der Waals surface area contributed by atoms with Crippen molar-refractivity contribution in [1.29, 1.82) is 0 Å². The Morgan fingerprint density at radius 2 is 1.96 bits per heavy atom. The number of hydrogen-bond acceptors (Lipinski definition) is 4. The van der Waals surface area contributed by atoms with Crippen LogP contribution in [0.15, 0.2) is 46.9 Å². The van der Waals surface area contributed by atoms with Gasteiger partial charge in [-0.1, -0.05) is 45.7 Å². The van der Waals surface area contributed by atoms with Crippen molar-refractivity contribution >= 4 is 45.1 Å². The van der Waals surface area contributed by atoms with Gasteiger partial charge in [-0.2, -0.15) is 0 Å². The third kappa shape index (κ3) is 5.25. The predicted octanol–water partition coefficient (Wildman–Crippen LogP) is 3.84. The molecule has 0 spiro atoms. The lowest BCUT2D eigenvalue weighted by atomic mass is 10.1. The average Bonchev–Trinajstić information content (AvgIpc) is 2.56. The Hall–Kier alpha value is -2.05. The normalized spacial score (nSPS) is 10.1. The van der Waals surface area contributed by atoms with E-state index in [0.717, 1.165) is 4.47 Å². The van der Waals surface area contributed by atoms with E-state index in [4.69, 9.17) is 21.1 Å². The first-order valence-electron chi connectivity index (χ1n) is 7.02. The Kier molecular flexibility index (Phi) is 6.63. The van der Waals surface area contributed by atoms with Gasteiger partial charge >= 0.3 is 5.97 Å². The molecule has 7 heteroatoms. The third-order valence-electron chi connectivity index (χ3n) is 3.10. The van der Waals surface area contributed by atoms with Gasteiger partial charge in [0.15, 0.2) is 6.61 Å². The number of nitrogens with one attached hydrogen (secondary N) is 1. The van der Waals surface area contributed by atoms with Gasteiger partial charge in [-0.25, -0.2) is 0 Å². The van der Waals surface area contributed by atoms with Gasteiger partial charge in [-0.05, 0) is 24.3 Å². The summed E-state index contributed by atoms with van der Waals surface area (Å²) in [5.41, 5.74) is 1.15. The Morgan fingerprint density at radius 3 is 2.67 bits per heavy atom. The lowest BCUT2D eigenvalue weighted by molar-refractivity contribution is -0.146. The number of carbonyl (C=O) groups is 2. The number of esters is 1. The zero-order valence-electron chi connectivity index (χ0n) is 12.8. The molecular formula is C17H15BrClNO4. The monoisotopic (exact) mass is 411 g/mol. The molecule has 0 aromatic heterocycles. The highest BCUT2D eigenvalue weighted by atomic mass is 79.9. The van der Waals surface area contributed by atoms with E-state index in [0.29, 0.717) is 22.0 Å². The largest absolute Gasteiger partial charge is 0.496 e. The minimum absolute atomic E-state index is 0.0241. The molecule has 0 aliphatic rings. The molecule has 0 heterocycles. The van der Waals surface area contributed by atoms with E-state index < -0.39 is 11.9 Å². The maximum absolute atomic E-state index is 11.9. The maximum atomic E-state index is 11.9. The summed E-state index contributed by atoms with van der Waals surface area (Å²) in [4.78, 5) is 23.7. The number of hydrogen-bond donors (Lipinski definition) is 1. The predicted molar refractivity (Wildman–Crippen MR) is 95.4 cm³/mol. The van der Waals surface area contributed by atoms with Crippen molar-refractivity contribution in [3.05, 3.63) is 57.5 Å². The second-order valence-corrected chi connectivity index (χ2v) is 6.14. The van der Waals surface area contributed by atoms with E-state index in [-0.39, 0.29) is 13.0 Å². The molecule has 0 aliphatic heterocycles. The van der Waals surface area contributed by atoms with Crippen molar-refractivity contribution in [1.82, 2.24) is 0 Å². The van der Waals surface area contributed by atoms with Gasteiger partial charge in [0.25, 0.3) is 5.91 Å². The summed E-state index contributed by atoms with van der Waals surface area (Å²) in [6.45, 7) is -0.389. The number of ether oxygens (including phenoxy) is 2. The molecule has 0 unspecified atom stereocenters. The molecule has 1 N–H and O–H groups in total. The summed E-state index contributed by atoms with van der Waals surface area (Å²) in [5, 5.41) is 2.97. The van der Waals surface area contributed by atoms with Crippen molar-refractivity contribution in [3.8, 4) is 5.75 Å². The fourth-order valence-corrected chi connectivity index (χ4v) is 2.70. The first-order chi connectivity index (χ1) is 11.5. The van der Waals surface area contributed by atoms with Crippen molar-refractivity contribution < 1.29 is 19.1 Å². The highest BCUT2D eigenvalue weighted by molar-refractivity contribution is 9.10. The molecule has 126 valence electrons. The molecule has 0 saturated heterocycles. The van der Waals surface area contributed by atoms with E-state index >= 15 is 0 Å². The zero-order valence-corrected chi connectivity index (χ0v) is 15.2. The van der Waals surface area contributed by atoms with Crippen LogP contribution in [0.4, 0.5) is 5.69 Å².